The molecule has 26 heavy (non-hydrogen) atoms. The van der Waals surface area contributed by atoms with Crippen LogP contribution in [0.2, 0.25) is 0 Å². The Morgan fingerprint density at radius 2 is 2.12 bits per heavy atom. The summed E-state index contributed by atoms with van der Waals surface area (Å²) < 4.78 is 6.42. The van der Waals surface area contributed by atoms with E-state index in [4.69, 9.17) is 4.74 Å². The molecule has 0 aromatic heterocycles. The van der Waals surface area contributed by atoms with Crippen molar-refractivity contribution in [2.45, 2.75) is 67.7 Å². The number of benzene rings is 1. The van der Waals surface area contributed by atoms with Crippen LogP contribution in [-0.4, -0.2) is 59.0 Å². The normalized spacial score (nSPS) is 43.1. The van der Waals surface area contributed by atoms with Crippen molar-refractivity contribution in [3.05, 3.63) is 23.3 Å². The molecule has 3 N–H and O–H groups in total. The fourth-order valence-corrected chi connectivity index (χ4v) is 6.78. The molecular formula is C21H28N2O3. The SMILES string of the molecule is CN[C@@H]1CC[C@]2(O)[C@@H]3Cc4ccc(O)c5c4C2(CCN3CC2CC2)[C@@H]1O5. The van der Waals surface area contributed by atoms with Gasteiger partial charge in [-0.1, -0.05) is 6.07 Å². The molecule has 6 rings (SSSR count). The Kier molecular flexibility index (Phi) is 2.99. The predicted molar refractivity (Wildman–Crippen MR) is 97.6 cm³/mol. The molecule has 0 radical (unpaired) electrons. The van der Waals surface area contributed by atoms with E-state index in [1.165, 1.54) is 18.4 Å². The van der Waals surface area contributed by atoms with Gasteiger partial charge in [-0.3, -0.25) is 4.90 Å². The zero-order chi connectivity index (χ0) is 17.7. The van der Waals surface area contributed by atoms with Crippen molar-refractivity contribution in [1.29, 1.82) is 0 Å². The van der Waals surface area contributed by atoms with E-state index in [0.29, 0.717) is 5.75 Å². The number of phenolic OH excluding ortho intramolecular Hbond substituents is 1. The van der Waals surface area contributed by atoms with Crippen LogP contribution in [0.4, 0.5) is 0 Å². The molecule has 1 unspecified atom stereocenters. The summed E-state index contributed by atoms with van der Waals surface area (Å²) in [6, 6.07) is 4.23. The van der Waals surface area contributed by atoms with Crippen molar-refractivity contribution in [2.24, 2.45) is 5.92 Å². The molecule has 1 aromatic rings. The van der Waals surface area contributed by atoms with Crippen LogP contribution < -0.4 is 10.1 Å². The van der Waals surface area contributed by atoms with E-state index >= 15 is 0 Å². The van der Waals surface area contributed by atoms with E-state index in [0.717, 1.165) is 50.3 Å². The first kappa shape index (κ1) is 15.7. The number of nitrogens with one attached hydrogen (secondary N) is 1. The van der Waals surface area contributed by atoms with Gasteiger partial charge in [0.15, 0.2) is 11.5 Å². The van der Waals surface area contributed by atoms with Crippen LogP contribution in [0.1, 0.15) is 43.2 Å². The lowest BCUT2D eigenvalue weighted by Gasteiger charge is -2.64. The lowest BCUT2D eigenvalue weighted by Crippen LogP contribution is -2.78. The first-order chi connectivity index (χ1) is 12.6. The molecule has 3 aliphatic carbocycles. The third-order valence-corrected chi connectivity index (χ3v) is 8.13. The Morgan fingerprint density at radius 3 is 2.88 bits per heavy atom. The van der Waals surface area contributed by atoms with Gasteiger partial charge in [0.25, 0.3) is 0 Å². The fraction of sp³-hybridized carbons (Fsp3) is 0.714. The predicted octanol–water partition coefficient (Wildman–Crippen LogP) is 1.54. The maximum Gasteiger partial charge on any atom is 0.165 e. The van der Waals surface area contributed by atoms with Crippen LogP contribution >= 0.6 is 0 Å². The molecule has 5 nitrogen and oxygen atoms in total. The lowest BCUT2D eigenvalue weighted by atomic mass is 9.48. The summed E-state index contributed by atoms with van der Waals surface area (Å²) in [5.41, 5.74) is 1.25. The van der Waals surface area contributed by atoms with E-state index in [-0.39, 0.29) is 29.4 Å². The molecule has 140 valence electrons. The highest BCUT2D eigenvalue weighted by Gasteiger charge is 2.72. The summed E-state index contributed by atoms with van der Waals surface area (Å²) in [5.74, 6) is 1.69. The van der Waals surface area contributed by atoms with Crippen LogP contribution in [0.15, 0.2) is 12.1 Å². The van der Waals surface area contributed by atoms with Gasteiger partial charge in [0.1, 0.15) is 6.10 Å². The number of piperidine rings is 1. The zero-order valence-electron chi connectivity index (χ0n) is 15.4. The van der Waals surface area contributed by atoms with Crippen LogP contribution in [0.3, 0.4) is 0 Å². The number of rotatable bonds is 3. The monoisotopic (exact) mass is 356 g/mol. The number of aliphatic hydroxyl groups is 1. The van der Waals surface area contributed by atoms with Crippen molar-refractivity contribution < 1.29 is 14.9 Å². The summed E-state index contributed by atoms with van der Waals surface area (Å²) in [7, 11) is 1.99. The Bertz CT molecular complexity index is 779. The highest BCUT2D eigenvalue weighted by atomic mass is 16.5. The van der Waals surface area contributed by atoms with Gasteiger partial charge in [0.05, 0.1) is 11.0 Å². The lowest BCUT2D eigenvalue weighted by molar-refractivity contribution is -0.191. The first-order valence-corrected chi connectivity index (χ1v) is 10.2. The van der Waals surface area contributed by atoms with Crippen molar-refractivity contribution >= 4 is 0 Å². The third kappa shape index (κ3) is 1.68. The summed E-state index contributed by atoms with van der Waals surface area (Å²) in [6.45, 7) is 2.15. The van der Waals surface area contributed by atoms with Gasteiger partial charge in [-0.15, -0.1) is 0 Å². The largest absolute Gasteiger partial charge is 0.504 e. The molecule has 2 aliphatic heterocycles. The van der Waals surface area contributed by atoms with Gasteiger partial charge in [0.2, 0.25) is 0 Å². The van der Waals surface area contributed by atoms with E-state index < -0.39 is 5.60 Å². The highest BCUT2D eigenvalue weighted by Crippen LogP contribution is 2.65. The van der Waals surface area contributed by atoms with Crippen LogP contribution in [0, 0.1) is 5.92 Å². The topological polar surface area (TPSA) is 65.0 Å². The molecule has 1 saturated heterocycles. The molecule has 5 atom stereocenters. The molecule has 1 spiro atoms. The van der Waals surface area contributed by atoms with Crippen molar-refractivity contribution in [3.63, 3.8) is 0 Å². The van der Waals surface area contributed by atoms with Gasteiger partial charge in [-0.05, 0) is 69.7 Å². The number of aromatic hydroxyl groups is 1. The number of nitrogens with zero attached hydrogens (tertiary/aromatic N) is 1. The second-order valence-electron chi connectivity index (χ2n) is 9.22. The maximum absolute atomic E-state index is 12.2. The minimum Gasteiger partial charge on any atom is -0.504 e. The summed E-state index contributed by atoms with van der Waals surface area (Å²) in [5, 5.41) is 26.1. The van der Waals surface area contributed by atoms with E-state index in [2.05, 4.69) is 16.3 Å². The van der Waals surface area contributed by atoms with Crippen molar-refractivity contribution in [3.8, 4) is 11.5 Å². The minimum absolute atomic E-state index is 0.0980. The van der Waals surface area contributed by atoms with E-state index in [9.17, 15) is 10.2 Å². The second-order valence-corrected chi connectivity index (χ2v) is 9.22. The zero-order valence-corrected chi connectivity index (χ0v) is 15.4. The Morgan fingerprint density at radius 1 is 1.27 bits per heavy atom. The smallest absolute Gasteiger partial charge is 0.165 e. The quantitative estimate of drug-likeness (QED) is 0.767. The highest BCUT2D eigenvalue weighted by molar-refractivity contribution is 5.62. The number of likely N-dealkylation sites (N-methyl/N-ethyl adjacent to an activating group) is 1. The molecule has 2 heterocycles. The van der Waals surface area contributed by atoms with Gasteiger partial charge >= 0.3 is 0 Å². The Hall–Kier alpha value is -1.30. The summed E-state index contributed by atoms with van der Waals surface area (Å²) in [4.78, 5) is 2.58. The molecule has 5 heteroatoms. The number of ether oxygens (including phenoxy) is 1. The molecule has 5 aliphatic rings. The van der Waals surface area contributed by atoms with Gasteiger partial charge in [-0.25, -0.2) is 0 Å². The molecule has 2 saturated carbocycles. The fourth-order valence-electron chi connectivity index (χ4n) is 6.78. The van der Waals surface area contributed by atoms with Gasteiger partial charge in [0, 0.05) is 24.2 Å². The standard InChI is InChI=1S/C21H28N2O3/c1-22-14-6-7-21(25)16-10-13-4-5-15(24)18-17(13)20(21,19(14)26-18)8-9-23(16)11-12-2-3-12/h4-5,12,14,16,19,22,24-25H,2-3,6-11H2,1H3/t14-,16+,19-,20?,21+/m1/s1. The summed E-state index contributed by atoms with van der Waals surface area (Å²) >= 11 is 0. The van der Waals surface area contributed by atoms with E-state index in [1.807, 2.05) is 7.05 Å². The average Bonchev–Trinajstić information content (AvgIpc) is 3.37. The number of hydrogen-bond donors (Lipinski definition) is 3. The number of likely N-dealkylation sites (tertiary alicyclic amines) is 1. The second kappa shape index (κ2) is 4.94. The van der Waals surface area contributed by atoms with Gasteiger partial charge in [-0.2, -0.15) is 0 Å². The Labute approximate surface area is 154 Å². The number of hydrogen-bond acceptors (Lipinski definition) is 5. The van der Waals surface area contributed by atoms with E-state index in [1.54, 1.807) is 6.07 Å². The Balaban J connectivity index is 1.55. The van der Waals surface area contributed by atoms with Crippen LogP contribution in [0.25, 0.3) is 0 Å². The summed E-state index contributed by atoms with van der Waals surface area (Å²) in [6.07, 6.45) is 6.09. The van der Waals surface area contributed by atoms with Crippen molar-refractivity contribution in [1.82, 2.24) is 10.2 Å². The molecule has 0 amide bonds. The van der Waals surface area contributed by atoms with Crippen molar-refractivity contribution in [2.75, 3.05) is 20.1 Å². The minimum atomic E-state index is -0.760. The van der Waals surface area contributed by atoms with Crippen LogP contribution in [0.5, 0.6) is 11.5 Å². The molecule has 2 bridgehead atoms. The maximum atomic E-state index is 12.2. The molecule has 3 fully saturated rings. The van der Waals surface area contributed by atoms with Crippen LogP contribution in [-0.2, 0) is 11.8 Å². The first-order valence-electron chi connectivity index (χ1n) is 10.2. The molecular weight excluding hydrogens is 328 g/mol. The third-order valence-electron chi connectivity index (χ3n) is 8.13. The average molecular weight is 356 g/mol. The number of phenols is 1. The molecule has 1 aromatic carbocycles. The van der Waals surface area contributed by atoms with Gasteiger partial charge < -0.3 is 20.3 Å².